The maximum atomic E-state index is 10.2. The molecule has 4 nitrogen and oxygen atoms in total. The van der Waals surface area contributed by atoms with Gasteiger partial charge in [-0.3, -0.25) is 4.79 Å². The van der Waals surface area contributed by atoms with Gasteiger partial charge in [0.25, 0.3) is 0 Å². The first-order chi connectivity index (χ1) is 5.72. The number of carbonyl (C=O) groups is 1. The molecule has 66 valence electrons. The van der Waals surface area contributed by atoms with E-state index in [9.17, 15) is 4.79 Å². The van der Waals surface area contributed by atoms with Crippen LogP contribution in [0.1, 0.15) is 11.5 Å². The molecule has 2 N–H and O–H groups in total. The molecule has 0 fully saturated rings. The summed E-state index contributed by atoms with van der Waals surface area (Å²) in [5.74, 6) is 0.125. The fourth-order valence-corrected chi connectivity index (χ4v) is 0.911. The van der Waals surface area contributed by atoms with Crippen molar-refractivity contribution in [3.05, 3.63) is 23.7 Å². The van der Waals surface area contributed by atoms with Crippen LogP contribution in [0.25, 0.3) is 0 Å². The van der Waals surface area contributed by atoms with Gasteiger partial charge in [0.2, 0.25) is 0 Å². The van der Waals surface area contributed by atoms with Crippen molar-refractivity contribution in [3.8, 4) is 0 Å². The normalized spacial score (nSPS) is 10.1. The summed E-state index contributed by atoms with van der Waals surface area (Å²) < 4.78 is 5.09. The van der Waals surface area contributed by atoms with Crippen LogP contribution < -0.4 is 0 Å². The lowest BCUT2D eigenvalue weighted by molar-refractivity contribution is -0.136. The number of hydrogen-bond acceptors (Lipinski definition) is 3. The average molecular weight is 170 g/mol. The van der Waals surface area contributed by atoms with Crippen LogP contribution in [0.4, 0.5) is 0 Å². The SMILES string of the molecule is O=C(O)Cc1ccc(CCO)o1. The number of aliphatic carboxylic acids is 1. The third-order valence-electron chi connectivity index (χ3n) is 1.40. The Morgan fingerprint density at radius 2 is 2.08 bits per heavy atom. The summed E-state index contributed by atoms with van der Waals surface area (Å²) in [5, 5.41) is 16.9. The van der Waals surface area contributed by atoms with E-state index in [1.54, 1.807) is 12.1 Å². The molecule has 0 saturated carbocycles. The van der Waals surface area contributed by atoms with Crippen molar-refractivity contribution in [3.63, 3.8) is 0 Å². The first-order valence-corrected chi connectivity index (χ1v) is 3.62. The molecule has 1 heterocycles. The fraction of sp³-hybridized carbons (Fsp3) is 0.375. The molecular weight excluding hydrogens is 160 g/mol. The third kappa shape index (κ3) is 2.39. The van der Waals surface area contributed by atoms with Crippen LogP contribution in [0, 0.1) is 0 Å². The molecule has 0 aliphatic rings. The molecule has 0 atom stereocenters. The molecule has 4 heteroatoms. The second kappa shape index (κ2) is 3.92. The molecule has 0 amide bonds. The second-order valence-corrected chi connectivity index (χ2v) is 2.41. The first-order valence-electron chi connectivity index (χ1n) is 3.62. The number of aliphatic hydroxyl groups is 1. The van der Waals surface area contributed by atoms with Gasteiger partial charge < -0.3 is 14.6 Å². The molecule has 1 rings (SSSR count). The minimum absolute atomic E-state index is 0.0139. The Morgan fingerprint density at radius 1 is 1.42 bits per heavy atom. The van der Waals surface area contributed by atoms with E-state index in [-0.39, 0.29) is 13.0 Å². The molecule has 0 saturated heterocycles. The quantitative estimate of drug-likeness (QED) is 0.687. The Morgan fingerprint density at radius 3 is 2.67 bits per heavy atom. The van der Waals surface area contributed by atoms with E-state index in [1.165, 1.54) is 0 Å². The summed E-state index contributed by atoms with van der Waals surface area (Å²) in [7, 11) is 0. The highest BCUT2D eigenvalue weighted by Gasteiger charge is 2.05. The maximum Gasteiger partial charge on any atom is 0.311 e. The highest BCUT2D eigenvalue weighted by molar-refractivity contribution is 5.69. The van der Waals surface area contributed by atoms with E-state index in [0.717, 1.165) is 0 Å². The molecule has 0 radical (unpaired) electrons. The van der Waals surface area contributed by atoms with Gasteiger partial charge in [-0.2, -0.15) is 0 Å². The molecular formula is C8H10O4. The van der Waals surface area contributed by atoms with Crippen molar-refractivity contribution in [2.75, 3.05) is 6.61 Å². The molecule has 0 unspecified atom stereocenters. The Bertz CT molecular complexity index is 264. The van der Waals surface area contributed by atoms with Crippen LogP contribution in [0.2, 0.25) is 0 Å². The summed E-state index contributed by atoms with van der Waals surface area (Å²) in [6.45, 7) is 0.0139. The summed E-state index contributed by atoms with van der Waals surface area (Å²) >= 11 is 0. The Balaban J connectivity index is 2.58. The standard InChI is InChI=1S/C8H10O4/c9-4-3-6-1-2-7(12-6)5-8(10)11/h1-2,9H,3-5H2,(H,10,11). The van der Waals surface area contributed by atoms with E-state index in [4.69, 9.17) is 14.6 Å². The molecule has 0 aromatic carbocycles. The van der Waals surface area contributed by atoms with Gasteiger partial charge in [-0.25, -0.2) is 0 Å². The van der Waals surface area contributed by atoms with Crippen molar-refractivity contribution in [1.29, 1.82) is 0 Å². The summed E-state index contributed by atoms with van der Waals surface area (Å²) in [4.78, 5) is 10.2. The lowest BCUT2D eigenvalue weighted by Crippen LogP contribution is -1.98. The molecule has 0 spiro atoms. The van der Waals surface area contributed by atoms with Crippen molar-refractivity contribution >= 4 is 5.97 Å². The Kier molecular flexibility index (Phi) is 2.88. The van der Waals surface area contributed by atoms with Gasteiger partial charge in [0.05, 0.1) is 6.61 Å². The molecule has 12 heavy (non-hydrogen) atoms. The number of rotatable bonds is 4. The van der Waals surface area contributed by atoms with Gasteiger partial charge in [-0.05, 0) is 12.1 Å². The number of carboxylic acids is 1. The zero-order valence-electron chi connectivity index (χ0n) is 6.49. The molecule has 1 aromatic heterocycles. The number of aliphatic hydroxyl groups excluding tert-OH is 1. The molecule has 0 aliphatic carbocycles. The Hall–Kier alpha value is -1.29. The van der Waals surface area contributed by atoms with E-state index >= 15 is 0 Å². The number of furan rings is 1. The van der Waals surface area contributed by atoms with Crippen LogP contribution in [0.3, 0.4) is 0 Å². The van der Waals surface area contributed by atoms with Gasteiger partial charge in [0.15, 0.2) is 0 Å². The van der Waals surface area contributed by atoms with Crippen molar-refractivity contribution < 1.29 is 19.4 Å². The minimum Gasteiger partial charge on any atom is -0.481 e. The van der Waals surface area contributed by atoms with E-state index < -0.39 is 5.97 Å². The average Bonchev–Trinajstić information content (AvgIpc) is 2.36. The lowest BCUT2D eigenvalue weighted by Gasteiger charge is -1.91. The van der Waals surface area contributed by atoms with Gasteiger partial charge in [0.1, 0.15) is 17.9 Å². The summed E-state index contributed by atoms with van der Waals surface area (Å²) in [5.41, 5.74) is 0. The monoisotopic (exact) mass is 170 g/mol. The molecule has 0 bridgehead atoms. The van der Waals surface area contributed by atoms with Gasteiger partial charge >= 0.3 is 5.97 Å². The van der Waals surface area contributed by atoms with E-state index in [2.05, 4.69) is 0 Å². The second-order valence-electron chi connectivity index (χ2n) is 2.41. The molecule has 1 aromatic rings. The number of carboxylic acid groups (broad SMARTS) is 1. The zero-order valence-corrected chi connectivity index (χ0v) is 6.49. The summed E-state index contributed by atoms with van der Waals surface area (Å²) in [6, 6.07) is 3.29. The maximum absolute atomic E-state index is 10.2. The van der Waals surface area contributed by atoms with E-state index in [1.807, 2.05) is 0 Å². The smallest absolute Gasteiger partial charge is 0.311 e. The minimum atomic E-state index is -0.917. The van der Waals surface area contributed by atoms with Crippen LogP contribution in [0.5, 0.6) is 0 Å². The van der Waals surface area contributed by atoms with Crippen molar-refractivity contribution in [2.24, 2.45) is 0 Å². The van der Waals surface area contributed by atoms with Gasteiger partial charge in [-0.15, -0.1) is 0 Å². The Labute approximate surface area is 69.4 Å². The highest BCUT2D eigenvalue weighted by atomic mass is 16.4. The third-order valence-corrected chi connectivity index (χ3v) is 1.40. The van der Waals surface area contributed by atoms with Crippen LogP contribution in [0.15, 0.2) is 16.5 Å². The van der Waals surface area contributed by atoms with Gasteiger partial charge in [0, 0.05) is 6.42 Å². The lowest BCUT2D eigenvalue weighted by atomic mass is 10.3. The predicted octanol–water partition coefficient (Wildman–Crippen LogP) is 0.442. The fourth-order valence-electron chi connectivity index (χ4n) is 0.911. The molecule has 0 aliphatic heterocycles. The topological polar surface area (TPSA) is 70.7 Å². The largest absolute Gasteiger partial charge is 0.481 e. The van der Waals surface area contributed by atoms with Crippen LogP contribution in [-0.4, -0.2) is 22.8 Å². The summed E-state index contributed by atoms with van der Waals surface area (Å²) in [6.07, 6.45) is 0.324. The van der Waals surface area contributed by atoms with Crippen LogP contribution >= 0.6 is 0 Å². The predicted molar refractivity (Wildman–Crippen MR) is 40.8 cm³/mol. The zero-order chi connectivity index (χ0) is 8.97. The number of hydrogen-bond donors (Lipinski definition) is 2. The first kappa shape index (κ1) is 8.80. The van der Waals surface area contributed by atoms with Crippen molar-refractivity contribution in [1.82, 2.24) is 0 Å². The highest BCUT2D eigenvalue weighted by Crippen LogP contribution is 2.08. The van der Waals surface area contributed by atoms with Crippen LogP contribution in [-0.2, 0) is 17.6 Å². The van der Waals surface area contributed by atoms with Crippen molar-refractivity contribution in [2.45, 2.75) is 12.8 Å². The van der Waals surface area contributed by atoms with E-state index in [0.29, 0.717) is 17.9 Å². The van der Waals surface area contributed by atoms with Gasteiger partial charge in [-0.1, -0.05) is 0 Å².